The van der Waals surface area contributed by atoms with Gasteiger partial charge in [-0.25, -0.2) is 4.68 Å². The van der Waals surface area contributed by atoms with Crippen LogP contribution >= 0.6 is 0 Å². The Labute approximate surface area is 149 Å². The van der Waals surface area contributed by atoms with E-state index in [2.05, 4.69) is 46.9 Å². The van der Waals surface area contributed by atoms with Gasteiger partial charge in [-0.15, -0.1) is 5.10 Å². The van der Waals surface area contributed by atoms with Gasteiger partial charge in [0.1, 0.15) is 0 Å². The van der Waals surface area contributed by atoms with Crippen molar-refractivity contribution in [2.45, 2.75) is 82.8 Å². The van der Waals surface area contributed by atoms with Gasteiger partial charge in [-0.1, -0.05) is 26.0 Å². The first-order valence-corrected chi connectivity index (χ1v) is 9.75. The molecule has 3 aliphatic heterocycles. The van der Waals surface area contributed by atoms with Crippen molar-refractivity contribution < 1.29 is 9.53 Å². The molecule has 2 bridgehead atoms. The highest BCUT2D eigenvalue weighted by Gasteiger charge is 2.45. The van der Waals surface area contributed by atoms with Gasteiger partial charge in [0.2, 0.25) is 5.91 Å². The highest BCUT2D eigenvalue weighted by atomic mass is 16.5. The van der Waals surface area contributed by atoms with Crippen LogP contribution in [0.3, 0.4) is 0 Å². The summed E-state index contributed by atoms with van der Waals surface area (Å²) < 4.78 is 7.48. The molecule has 0 aliphatic carbocycles. The van der Waals surface area contributed by atoms with Crippen molar-refractivity contribution in [3.63, 3.8) is 0 Å². The van der Waals surface area contributed by atoms with Crippen molar-refractivity contribution in [1.82, 2.24) is 19.9 Å². The molecule has 6 nitrogen and oxygen atoms in total. The Hall–Kier alpha value is -1.43. The minimum absolute atomic E-state index is 0.0248. The van der Waals surface area contributed by atoms with Gasteiger partial charge in [0.05, 0.1) is 11.7 Å². The summed E-state index contributed by atoms with van der Waals surface area (Å²) in [6, 6.07) is 1.13. The molecular weight excluding hydrogens is 316 g/mol. The molecule has 138 valence electrons. The maximum absolute atomic E-state index is 13.0. The number of carbonyl (C=O) groups is 1. The summed E-state index contributed by atoms with van der Waals surface area (Å²) in [7, 11) is 0. The first-order chi connectivity index (χ1) is 11.9. The number of carbonyl (C=O) groups excluding carboxylic acids is 1. The molecular formula is C19H30N4O2. The monoisotopic (exact) mass is 346 g/mol. The van der Waals surface area contributed by atoms with E-state index >= 15 is 0 Å². The molecule has 0 saturated carbocycles. The number of nitrogens with zero attached hydrogens (tertiary/aromatic N) is 4. The van der Waals surface area contributed by atoms with Gasteiger partial charge in [-0.05, 0) is 38.5 Å². The van der Waals surface area contributed by atoms with E-state index in [1.807, 2.05) is 0 Å². The normalized spacial score (nSPS) is 30.7. The lowest BCUT2D eigenvalue weighted by molar-refractivity contribution is -0.143. The van der Waals surface area contributed by atoms with Gasteiger partial charge in [0.15, 0.2) is 0 Å². The van der Waals surface area contributed by atoms with E-state index in [4.69, 9.17) is 4.74 Å². The molecule has 6 heteroatoms. The van der Waals surface area contributed by atoms with Crippen molar-refractivity contribution >= 4 is 5.91 Å². The number of hydrogen-bond acceptors (Lipinski definition) is 4. The van der Waals surface area contributed by atoms with E-state index in [0.29, 0.717) is 24.0 Å². The van der Waals surface area contributed by atoms with E-state index in [0.717, 1.165) is 57.4 Å². The third-order valence-corrected chi connectivity index (χ3v) is 6.19. The lowest BCUT2D eigenvalue weighted by Gasteiger charge is -2.41. The molecule has 1 aromatic heterocycles. The number of fused-ring (bicyclic) bond motifs is 2. The predicted molar refractivity (Wildman–Crippen MR) is 94.2 cm³/mol. The fourth-order valence-corrected chi connectivity index (χ4v) is 4.68. The topological polar surface area (TPSA) is 60.2 Å². The molecule has 0 spiro atoms. The van der Waals surface area contributed by atoms with E-state index in [1.54, 1.807) is 0 Å². The van der Waals surface area contributed by atoms with Gasteiger partial charge in [-0.2, -0.15) is 0 Å². The minimum atomic E-state index is 0.0248. The van der Waals surface area contributed by atoms with Crippen molar-refractivity contribution in [3.05, 3.63) is 11.9 Å². The standard InChI is InChI=1S/C19H30N4O2/c1-19(2,3)17-12-22(21-20-17)16-10-14-4-5-15(11-16)23(14)18(24)13-6-8-25-9-7-13/h12-16H,4-11H2,1-3H3. The van der Waals surface area contributed by atoms with Crippen LogP contribution in [0, 0.1) is 5.92 Å². The Bertz CT molecular complexity index is 616. The molecule has 0 radical (unpaired) electrons. The Morgan fingerprint density at radius 2 is 1.72 bits per heavy atom. The van der Waals surface area contributed by atoms with E-state index in [1.165, 1.54) is 0 Å². The number of piperidine rings is 1. The Morgan fingerprint density at radius 3 is 2.28 bits per heavy atom. The van der Waals surface area contributed by atoms with Crippen LogP contribution in [-0.4, -0.2) is 51.1 Å². The molecule has 4 rings (SSSR count). The van der Waals surface area contributed by atoms with Crippen LogP contribution in [0.4, 0.5) is 0 Å². The first kappa shape index (κ1) is 17.0. The van der Waals surface area contributed by atoms with Gasteiger partial charge in [-0.3, -0.25) is 4.79 Å². The molecule has 25 heavy (non-hydrogen) atoms. The molecule has 1 amide bonds. The molecule has 3 fully saturated rings. The van der Waals surface area contributed by atoms with Crippen LogP contribution in [-0.2, 0) is 14.9 Å². The summed E-state index contributed by atoms with van der Waals surface area (Å²) >= 11 is 0. The number of amides is 1. The van der Waals surface area contributed by atoms with Gasteiger partial charge in [0, 0.05) is 42.8 Å². The third-order valence-electron chi connectivity index (χ3n) is 6.19. The van der Waals surface area contributed by atoms with Crippen LogP contribution in [0.5, 0.6) is 0 Å². The summed E-state index contributed by atoms with van der Waals surface area (Å²) in [4.78, 5) is 15.3. The average Bonchev–Trinajstić information content (AvgIpc) is 3.18. The van der Waals surface area contributed by atoms with E-state index < -0.39 is 0 Å². The number of ether oxygens (including phenoxy) is 1. The highest BCUT2D eigenvalue weighted by Crippen LogP contribution is 2.42. The molecule has 2 atom stereocenters. The van der Waals surface area contributed by atoms with Crippen molar-refractivity contribution in [2.75, 3.05) is 13.2 Å². The minimum Gasteiger partial charge on any atom is -0.381 e. The van der Waals surface area contributed by atoms with Crippen LogP contribution in [0.25, 0.3) is 0 Å². The van der Waals surface area contributed by atoms with Crippen molar-refractivity contribution in [3.8, 4) is 0 Å². The number of aromatic nitrogens is 3. The van der Waals surface area contributed by atoms with E-state index in [-0.39, 0.29) is 11.3 Å². The fourth-order valence-electron chi connectivity index (χ4n) is 4.68. The summed E-state index contributed by atoms with van der Waals surface area (Å²) in [5.41, 5.74) is 1.07. The lowest BCUT2D eigenvalue weighted by atomic mass is 9.92. The lowest BCUT2D eigenvalue weighted by Crippen LogP contribution is -2.50. The van der Waals surface area contributed by atoms with Crippen molar-refractivity contribution in [1.29, 1.82) is 0 Å². The summed E-state index contributed by atoms with van der Waals surface area (Å²) in [5, 5.41) is 8.79. The zero-order chi connectivity index (χ0) is 17.6. The molecule has 3 saturated heterocycles. The zero-order valence-electron chi connectivity index (χ0n) is 15.6. The summed E-state index contributed by atoms with van der Waals surface area (Å²) in [6.45, 7) is 7.97. The average molecular weight is 346 g/mol. The maximum atomic E-state index is 13.0. The molecule has 1 aromatic rings. The second-order valence-electron chi connectivity index (χ2n) is 8.98. The number of rotatable bonds is 2. The second kappa shape index (κ2) is 6.38. The maximum Gasteiger partial charge on any atom is 0.226 e. The van der Waals surface area contributed by atoms with Crippen LogP contribution < -0.4 is 0 Å². The first-order valence-electron chi connectivity index (χ1n) is 9.75. The molecule has 2 unspecified atom stereocenters. The quantitative estimate of drug-likeness (QED) is 0.826. The van der Waals surface area contributed by atoms with Crippen LogP contribution in [0.2, 0.25) is 0 Å². The third kappa shape index (κ3) is 3.21. The molecule has 0 aromatic carbocycles. The second-order valence-corrected chi connectivity index (χ2v) is 8.98. The Balaban J connectivity index is 1.46. The van der Waals surface area contributed by atoms with E-state index in [9.17, 15) is 4.79 Å². The summed E-state index contributed by atoms with van der Waals surface area (Å²) in [5.74, 6) is 0.551. The molecule has 3 aliphatic rings. The van der Waals surface area contributed by atoms with Gasteiger partial charge in [0.25, 0.3) is 0 Å². The van der Waals surface area contributed by atoms with Crippen molar-refractivity contribution in [2.24, 2.45) is 5.92 Å². The highest BCUT2D eigenvalue weighted by molar-refractivity contribution is 5.80. The van der Waals surface area contributed by atoms with Gasteiger partial charge >= 0.3 is 0 Å². The predicted octanol–water partition coefficient (Wildman–Crippen LogP) is 2.70. The largest absolute Gasteiger partial charge is 0.381 e. The Kier molecular flexibility index (Phi) is 4.34. The Morgan fingerprint density at radius 1 is 1.08 bits per heavy atom. The smallest absolute Gasteiger partial charge is 0.226 e. The summed E-state index contributed by atoms with van der Waals surface area (Å²) in [6.07, 6.45) is 8.18. The number of hydrogen-bond donors (Lipinski definition) is 0. The fraction of sp³-hybridized carbons (Fsp3) is 0.842. The van der Waals surface area contributed by atoms with Gasteiger partial charge < -0.3 is 9.64 Å². The van der Waals surface area contributed by atoms with Crippen LogP contribution in [0.1, 0.15) is 71.0 Å². The molecule has 4 heterocycles. The van der Waals surface area contributed by atoms with Crippen LogP contribution in [0.15, 0.2) is 6.20 Å². The SMILES string of the molecule is CC(C)(C)c1cn(C2CC3CCC(C2)N3C(=O)C2CCOCC2)nn1. The zero-order valence-corrected chi connectivity index (χ0v) is 15.6. The molecule has 0 N–H and O–H groups in total.